The lowest BCUT2D eigenvalue weighted by Crippen LogP contribution is -2.46. The average Bonchev–Trinajstić information content (AvgIpc) is 2.71. The van der Waals surface area contributed by atoms with E-state index in [4.69, 9.17) is 11.6 Å². The Bertz CT molecular complexity index is 976. The molecular formula is C21H20ClF3N2O3. The van der Waals surface area contributed by atoms with Crippen LogP contribution in [0.5, 0.6) is 0 Å². The summed E-state index contributed by atoms with van der Waals surface area (Å²) in [6, 6.07) is 6.91. The minimum Gasteiger partial charge on any atom is -0.393 e. The van der Waals surface area contributed by atoms with Gasteiger partial charge in [-0.3, -0.25) is 9.59 Å². The molecule has 3 rings (SSSR count). The van der Waals surface area contributed by atoms with Crippen LogP contribution < -0.4 is 5.32 Å². The van der Waals surface area contributed by atoms with Gasteiger partial charge in [0.1, 0.15) is 5.82 Å². The fraction of sp³-hybridized carbons (Fsp3) is 0.333. The van der Waals surface area contributed by atoms with Crippen molar-refractivity contribution in [2.45, 2.75) is 31.8 Å². The molecule has 2 aromatic carbocycles. The smallest absolute Gasteiger partial charge is 0.349 e. The van der Waals surface area contributed by atoms with Gasteiger partial charge in [-0.05, 0) is 55.7 Å². The first-order valence-corrected chi connectivity index (χ1v) is 9.70. The molecule has 0 spiro atoms. The number of amides is 2. The zero-order valence-corrected chi connectivity index (χ0v) is 16.8. The molecule has 2 N–H and O–H groups in total. The monoisotopic (exact) mass is 440 g/mol. The lowest BCUT2D eigenvalue weighted by molar-refractivity contribution is -0.161. The van der Waals surface area contributed by atoms with Crippen molar-refractivity contribution in [2.75, 3.05) is 18.4 Å². The maximum Gasteiger partial charge on any atom is 0.349 e. The van der Waals surface area contributed by atoms with Crippen molar-refractivity contribution >= 4 is 29.1 Å². The highest BCUT2D eigenvalue weighted by Crippen LogP contribution is 2.34. The van der Waals surface area contributed by atoms with Gasteiger partial charge in [0.15, 0.2) is 0 Å². The van der Waals surface area contributed by atoms with Crippen LogP contribution in [0.2, 0.25) is 5.02 Å². The van der Waals surface area contributed by atoms with Gasteiger partial charge in [-0.15, -0.1) is 0 Å². The van der Waals surface area contributed by atoms with Crippen LogP contribution in [0.25, 0.3) is 0 Å². The molecule has 1 aliphatic heterocycles. The summed E-state index contributed by atoms with van der Waals surface area (Å²) in [6.07, 6.45) is -0.149. The second-order valence-electron chi connectivity index (χ2n) is 7.21. The van der Waals surface area contributed by atoms with E-state index in [9.17, 15) is 27.9 Å². The van der Waals surface area contributed by atoms with Crippen LogP contribution in [-0.4, -0.2) is 41.0 Å². The number of piperidine rings is 1. The topological polar surface area (TPSA) is 69.6 Å². The van der Waals surface area contributed by atoms with Crippen molar-refractivity contribution in [3.05, 3.63) is 63.9 Å². The standard InChI is InChI=1S/C21H20ClF3N2O3/c1-12-10-14(3-5-18(12)23)26-19(29)16-11-13(2-4-17(16)22)21(24,25)20(30)27-8-6-15(28)7-9-27/h2-5,10-11,15,28H,6-9H2,1H3,(H,26,29). The Hall–Kier alpha value is -2.58. The van der Waals surface area contributed by atoms with Gasteiger partial charge in [0.2, 0.25) is 0 Å². The van der Waals surface area contributed by atoms with Crippen molar-refractivity contribution < 1.29 is 27.9 Å². The molecule has 1 fully saturated rings. The average molecular weight is 441 g/mol. The van der Waals surface area contributed by atoms with E-state index in [1.165, 1.54) is 25.1 Å². The van der Waals surface area contributed by atoms with Crippen molar-refractivity contribution in [1.82, 2.24) is 4.90 Å². The molecule has 0 saturated carbocycles. The number of hydrogen-bond donors (Lipinski definition) is 2. The van der Waals surface area contributed by atoms with Gasteiger partial charge in [-0.25, -0.2) is 4.39 Å². The molecule has 1 aliphatic rings. The van der Waals surface area contributed by atoms with Crippen molar-refractivity contribution in [2.24, 2.45) is 0 Å². The Labute approximate surface area is 176 Å². The summed E-state index contributed by atoms with van der Waals surface area (Å²) in [7, 11) is 0. The molecule has 1 heterocycles. The maximum atomic E-state index is 14.9. The SMILES string of the molecule is Cc1cc(NC(=O)c2cc(C(F)(F)C(=O)N3CCC(O)CC3)ccc2Cl)ccc1F. The number of halogens is 4. The molecule has 1 saturated heterocycles. The molecule has 0 bridgehead atoms. The van der Waals surface area contributed by atoms with E-state index in [-0.39, 0.29) is 42.2 Å². The molecule has 0 aromatic heterocycles. The summed E-state index contributed by atoms with van der Waals surface area (Å²) >= 11 is 6.02. The minimum atomic E-state index is -3.87. The molecule has 160 valence electrons. The number of alkyl halides is 2. The van der Waals surface area contributed by atoms with Gasteiger partial charge in [0.05, 0.1) is 16.7 Å². The number of benzene rings is 2. The van der Waals surface area contributed by atoms with Crippen LogP contribution in [0.1, 0.15) is 34.3 Å². The zero-order valence-electron chi connectivity index (χ0n) is 16.1. The first kappa shape index (κ1) is 22.1. The van der Waals surface area contributed by atoms with Gasteiger partial charge in [-0.2, -0.15) is 8.78 Å². The summed E-state index contributed by atoms with van der Waals surface area (Å²) < 4.78 is 43.1. The first-order chi connectivity index (χ1) is 14.1. The van der Waals surface area contributed by atoms with Gasteiger partial charge >= 0.3 is 5.92 Å². The third-order valence-electron chi connectivity index (χ3n) is 5.01. The number of aliphatic hydroxyl groups excluding tert-OH is 1. The summed E-state index contributed by atoms with van der Waals surface area (Å²) in [6.45, 7) is 1.57. The Kier molecular flexibility index (Phi) is 6.38. The maximum absolute atomic E-state index is 14.9. The van der Waals surface area contributed by atoms with E-state index in [2.05, 4.69) is 5.32 Å². The number of aryl methyl sites for hydroxylation is 1. The Balaban J connectivity index is 1.83. The van der Waals surface area contributed by atoms with Crippen LogP contribution in [0.15, 0.2) is 36.4 Å². The summed E-state index contributed by atoms with van der Waals surface area (Å²) in [4.78, 5) is 25.9. The molecule has 5 nitrogen and oxygen atoms in total. The van der Waals surface area contributed by atoms with E-state index in [0.717, 1.165) is 23.1 Å². The van der Waals surface area contributed by atoms with E-state index >= 15 is 0 Å². The molecule has 2 aromatic rings. The third-order valence-corrected chi connectivity index (χ3v) is 5.34. The zero-order chi connectivity index (χ0) is 22.1. The Morgan fingerprint density at radius 3 is 2.47 bits per heavy atom. The van der Waals surface area contributed by atoms with Crippen LogP contribution in [-0.2, 0) is 10.7 Å². The Morgan fingerprint density at radius 1 is 1.17 bits per heavy atom. The lowest BCUT2D eigenvalue weighted by atomic mass is 10.0. The normalized spacial score (nSPS) is 15.2. The fourth-order valence-corrected chi connectivity index (χ4v) is 3.41. The predicted octanol–water partition coefficient (Wildman–Crippen LogP) is 4.11. The highest BCUT2D eigenvalue weighted by Gasteiger charge is 2.45. The summed E-state index contributed by atoms with van der Waals surface area (Å²) in [5, 5.41) is 11.9. The van der Waals surface area contributed by atoms with Gasteiger partial charge < -0.3 is 15.3 Å². The summed E-state index contributed by atoms with van der Waals surface area (Å²) in [5.74, 6) is -6.47. The molecule has 9 heteroatoms. The van der Waals surface area contributed by atoms with Crippen molar-refractivity contribution in [3.63, 3.8) is 0 Å². The minimum absolute atomic E-state index is 0.0282. The predicted molar refractivity (Wildman–Crippen MR) is 106 cm³/mol. The number of anilines is 1. The van der Waals surface area contributed by atoms with Crippen molar-refractivity contribution in [3.8, 4) is 0 Å². The fourth-order valence-electron chi connectivity index (χ4n) is 3.21. The van der Waals surface area contributed by atoms with Gasteiger partial charge in [0, 0.05) is 24.3 Å². The third kappa shape index (κ3) is 4.60. The molecule has 0 radical (unpaired) electrons. The number of carbonyl (C=O) groups is 2. The van der Waals surface area contributed by atoms with E-state index in [1.807, 2.05) is 0 Å². The highest BCUT2D eigenvalue weighted by atomic mass is 35.5. The number of likely N-dealkylation sites (tertiary alicyclic amines) is 1. The number of rotatable bonds is 4. The number of nitrogens with one attached hydrogen (secondary N) is 1. The molecule has 30 heavy (non-hydrogen) atoms. The van der Waals surface area contributed by atoms with Gasteiger partial charge in [-0.1, -0.05) is 17.7 Å². The lowest BCUT2D eigenvalue weighted by Gasteiger charge is -2.32. The number of hydrogen-bond acceptors (Lipinski definition) is 3. The largest absolute Gasteiger partial charge is 0.393 e. The van der Waals surface area contributed by atoms with Gasteiger partial charge in [0.25, 0.3) is 11.8 Å². The molecule has 0 unspecified atom stereocenters. The molecule has 0 atom stereocenters. The van der Waals surface area contributed by atoms with Crippen LogP contribution >= 0.6 is 11.6 Å². The molecule has 2 amide bonds. The van der Waals surface area contributed by atoms with Crippen molar-refractivity contribution in [1.29, 1.82) is 0 Å². The first-order valence-electron chi connectivity index (χ1n) is 9.32. The van der Waals surface area contributed by atoms with Crippen LogP contribution in [0, 0.1) is 12.7 Å². The van der Waals surface area contributed by atoms with Crippen LogP contribution in [0.3, 0.4) is 0 Å². The van der Waals surface area contributed by atoms with E-state index < -0.39 is 35.2 Å². The number of aliphatic hydroxyl groups is 1. The van der Waals surface area contributed by atoms with E-state index in [1.54, 1.807) is 0 Å². The number of carbonyl (C=O) groups excluding carboxylic acids is 2. The van der Waals surface area contributed by atoms with E-state index in [0.29, 0.717) is 5.56 Å². The molecule has 0 aliphatic carbocycles. The highest BCUT2D eigenvalue weighted by molar-refractivity contribution is 6.34. The van der Waals surface area contributed by atoms with Crippen LogP contribution in [0.4, 0.5) is 18.9 Å². The summed E-state index contributed by atoms with van der Waals surface area (Å²) in [5.41, 5.74) is -0.326. The quantitative estimate of drug-likeness (QED) is 0.751. The second kappa shape index (κ2) is 8.65. The number of nitrogens with zero attached hydrogens (tertiary/aromatic N) is 1. The molecular weight excluding hydrogens is 421 g/mol. The second-order valence-corrected chi connectivity index (χ2v) is 7.62. The Morgan fingerprint density at radius 2 is 1.83 bits per heavy atom.